The largest absolute Gasteiger partial charge is 0.481 e. The molecule has 1 aromatic carbocycles. The number of benzene rings is 1. The minimum Gasteiger partial charge on any atom is -0.481 e. The highest BCUT2D eigenvalue weighted by molar-refractivity contribution is 5.66. The number of anilines is 1. The minimum atomic E-state index is -0.711. The zero-order chi connectivity index (χ0) is 17.0. The lowest BCUT2D eigenvalue weighted by molar-refractivity contribution is -0.137. The van der Waals surface area contributed by atoms with Crippen molar-refractivity contribution in [3.63, 3.8) is 0 Å². The van der Waals surface area contributed by atoms with Gasteiger partial charge in [0.15, 0.2) is 0 Å². The zero-order valence-electron chi connectivity index (χ0n) is 14.9. The van der Waals surface area contributed by atoms with Crippen LogP contribution in [0.25, 0.3) is 0 Å². The van der Waals surface area contributed by atoms with Crippen LogP contribution in [0.3, 0.4) is 0 Å². The van der Waals surface area contributed by atoms with Crippen molar-refractivity contribution < 1.29 is 9.90 Å². The van der Waals surface area contributed by atoms with Crippen LogP contribution in [0.2, 0.25) is 0 Å². The normalized spacial score (nSPS) is 15.8. The third-order valence-corrected chi connectivity index (χ3v) is 5.15. The first-order chi connectivity index (χ1) is 11.7. The summed E-state index contributed by atoms with van der Waals surface area (Å²) in [5, 5.41) is 12.2. The van der Waals surface area contributed by atoms with E-state index in [9.17, 15) is 4.79 Å². The molecule has 0 heterocycles. The molecule has 1 aromatic rings. The first kappa shape index (κ1) is 18.8. The lowest BCUT2D eigenvalue weighted by Gasteiger charge is -2.13. The summed E-state index contributed by atoms with van der Waals surface area (Å²) in [6.07, 6.45) is 14.5. The van der Waals surface area contributed by atoms with E-state index in [4.69, 9.17) is 5.11 Å². The number of rotatable bonds is 10. The quantitative estimate of drug-likeness (QED) is 0.430. The molecule has 0 bridgehead atoms. The van der Waals surface area contributed by atoms with E-state index in [-0.39, 0.29) is 6.42 Å². The van der Waals surface area contributed by atoms with Crippen molar-refractivity contribution in [3.8, 4) is 0 Å². The van der Waals surface area contributed by atoms with Gasteiger partial charge in [-0.25, -0.2) is 0 Å². The molecule has 1 aliphatic carbocycles. The predicted octanol–water partition coefficient (Wildman–Crippen LogP) is 5.65. The Morgan fingerprint density at radius 1 is 1.00 bits per heavy atom. The molecule has 3 nitrogen and oxygen atoms in total. The average molecular weight is 332 g/mol. The summed E-state index contributed by atoms with van der Waals surface area (Å²) >= 11 is 0. The SMILES string of the molecule is O=C(O)CCCc1ccc(NCCCCC2CCCCCC2)cc1. The molecule has 0 unspecified atom stereocenters. The number of carboxylic acid groups (broad SMARTS) is 1. The number of carboxylic acids is 1. The topological polar surface area (TPSA) is 49.3 Å². The second kappa shape index (κ2) is 11.1. The maximum Gasteiger partial charge on any atom is 0.303 e. The molecule has 1 fully saturated rings. The second-order valence-electron chi connectivity index (χ2n) is 7.22. The van der Waals surface area contributed by atoms with Crippen LogP contribution in [-0.4, -0.2) is 17.6 Å². The van der Waals surface area contributed by atoms with Gasteiger partial charge < -0.3 is 10.4 Å². The molecule has 24 heavy (non-hydrogen) atoms. The molecule has 2 N–H and O–H groups in total. The zero-order valence-corrected chi connectivity index (χ0v) is 14.9. The monoisotopic (exact) mass is 331 g/mol. The average Bonchev–Trinajstić information content (AvgIpc) is 2.84. The number of hydrogen-bond donors (Lipinski definition) is 2. The molecule has 0 atom stereocenters. The number of nitrogens with one attached hydrogen (secondary N) is 1. The van der Waals surface area contributed by atoms with Crippen LogP contribution >= 0.6 is 0 Å². The van der Waals surface area contributed by atoms with Crippen LogP contribution in [0.4, 0.5) is 5.69 Å². The maximum absolute atomic E-state index is 10.5. The van der Waals surface area contributed by atoms with Crippen molar-refractivity contribution in [1.29, 1.82) is 0 Å². The van der Waals surface area contributed by atoms with E-state index in [1.54, 1.807) is 0 Å². The van der Waals surface area contributed by atoms with Gasteiger partial charge in [-0.2, -0.15) is 0 Å². The van der Waals surface area contributed by atoms with Gasteiger partial charge in [-0.3, -0.25) is 4.79 Å². The molecule has 1 aliphatic rings. The van der Waals surface area contributed by atoms with E-state index >= 15 is 0 Å². The van der Waals surface area contributed by atoms with Crippen molar-refractivity contribution in [2.24, 2.45) is 5.92 Å². The molecule has 2 rings (SSSR count). The summed E-state index contributed by atoms with van der Waals surface area (Å²) in [6.45, 7) is 1.05. The molecule has 3 heteroatoms. The summed E-state index contributed by atoms with van der Waals surface area (Å²) < 4.78 is 0. The number of aliphatic carboxylic acids is 1. The standard InChI is InChI=1S/C21H33NO2/c23-21(24)12-7-11-19-13-15-20(16-14-19)22-17-6-5-10-18-8-3-1-2-4-9-18/h13-16,18,22H,1-12,17H2,(H,23,24). The number of carbonyl (C=O) groups is 1. The van der Waals surface area contributed by atoms with Gasteiger partial charge in [-0.15, -0.1) is 0 Å². The molecular weight excluding hydrogens is 298 g/mol. The number of aryl methyl sites for hydroxylation is 1. The summed E-state index contributed by atoms with van der Waals surface area (Å²) in [5.41, 5.74) is 2.39. The molecule has 0 radical (unpaired) electrons. The van der Waals surface area contributed by atoms with Crippen LogP contribution in [0.15, 0.2) is 24.3 Å². The Bertz CT molecular complexity index is 461. The Hall–Kier alpha value is -1.51. The van der Waals surface area contributed by atoms with E-state index in [1.165, 1.54) is 69.0 Å². The van der Waals surface area contributed by atoms with Gasteiger partial charge in [0.05, 0.1) is 0 Å². The Labute approximate surface area is 146 Å². The highest BCUT2D eigenvalue weighted by Crippen LogP contribution is 2.26. The fraction of sp³-hybridized carbons (Fsp3) is 0.667. The van der Waals surface area contributed by atoms with Crippen molar-refractivity contribution in [1.82, 2.24) is 0 Å². The van der Waals surface area contributed by atoms with Crippen LogP contribution in [-0.2, 0) is 11.2 Å². The van der Waals surface area contributed by atoms with Gasteiger partial charge >= 0.3 is 5.97 Å². The molecule has 134 valence electrons. The van der Waals surface area contributed by atoms with Crippen LogP contribution in [0.1, 0.15) is 76.2 Å². The van der Waals surface area contributed by atoms with Crippen LogP contribution in [0, 0.1) is 5.92 Å². The van der Waals surface area contributed by atoms with Gasteiger partial charge in [0.2, 0.25) is 0 Å². The summed E-state index contributed by atoms with van der Waals surface area (Å²) in [6, 6.07) is 8.44. The van der Waals surface area contributed by atoms with E-state index in [1.807, 2.05) is 0 Å². The van der Waals surface area contributed by atoms with E-state index < -0.39 is 5.97 Å². The molecule has 0 aromatic heterocycles. The van der Waals surface area contributed by atoms with Crippen molar-refractivity contribution in [2.45, 2.75) is 77.0 Å². The van der Waals surface area contributed by atoms with Crippen molar-refractivity contribution in [3.05, 3.63) is 29.8 Å². The highest BCUT2D eigenvalue weighted by Gasteiger charge is 2.11. The molecule has 0 spiro atoms. The van der Waals surface area contributed by atoms with Crippen molar-refractivity contribution in [2.75, 3.05) is 11.9 Å². The van der Waals surface area contributed by atoms with Crippen molar-refractivity contribution >= 4 is 11.7 Å². The predicted molar refractivity (Wildman–Crippen MR) is 101 cm³/mol. The third kappa shape index (κ3) is 7.85. The molecule has 1 saturated carbocycles. The van der Waals surface area contributed by atoms with E-state index in [0.29, 0.717) is 6.42 Å². The summed E-state index contributed by atoms with van der Waals surface area (Å²) in [5.74, 6) is 0.273. The van der Waals surface area contributed by atoms with Gasteiger partial charge in [0.25, 0.3) is 0 Å². The Morgan fingerprint density at radius 2 is 1.71 bits per heavy atom. The van der Waals surface area contributed by atoms with Gasteiger partial charge in [-0.1, -0.05) is 63.5 Å². The minimum absolute atomic E-state index is 0.251. The Morgan fingerprint density at radius 3 is 2.38 bits per heavy atom. The van der Waals surface area contributed by atoms with Gasteiger partial charge in [0.1, 0.15) is 0 Å². The fourth-order valence-electron chi connectivity index (χ4n) is 3.68. The molecule has 0 saturated heterocycles. The number of unbranched alkanes of at least 4 members (excludes halogenated alkanes) is 1. The smallest absolute Gasteiger partial charge is 0.303 e. The first-order valence-electron chi connectivity index (χ1n) is 9.78. The fourth-order valence-corrected chi connectivity index (χ4v) is 3.68. The van der Waals surface area contributed by atoms with Gasteiger partial charge in [-0.05, 0) is 42.9 Å². The van der Waals surface area contributed by atoms with Crippen LogP contribution in [0.5, 0.6) is 0 Å². The van der Waals surface area contributed by atoms with Gasteiger partial charge in [0, 0.05) is 18.7 Å². The lowest BCUT2D eigenvalue weighted by Crippen LogP contribution is -2.04. The Kier molecular flexibility index (Phi) is 8.72. The Balaban J connectivity index is 1.56. The highest BCUT2D eigenvalue weighted by atomic mass is 16.4. The molecule has 0 aliphatic heterocycles. The third-order valence-electron chi connectivity index (χ3n) is 5.15. The van der Waals surface area contributed by atoms with Crippen LogP contribution < -0.4 is 5.32 Å². The first-order valence-corrected chi connectivity index (χ1v) is 9.78. The molecule has 0 amide bonds. The van der Waals surface area contributed by atoms with E-state index in [0.717, 1.165) is 18.9 Å². The lowest BCUT2D eigenvalue weighted by atomic mass is 9.94. The van der Waals surface area contributed by atoms with E-state index in [2.05, 4.69) is 29.6 Å². The summed E-state index contributed by atoms with van der Waals surface area (Å²) in [4.78, 5) is 10.5. The summed E-state index contributed by atoms with van der Waals surface area (Å²) in [7, 11) is 0. The molecular formula is C21H33NO2. The maximum atomic E-state index is 10.5. The number of hydrogen-bond acceptors (Lipinski definition) is 2. The second-order valence-corrected chi connectivity index (χ2v) is 7.22.